The maximum Gasteiger partial charge on any atom is 0.123 e. The van der Waals surface area contributed by atoms with Gasteiger partial charge in [-0.05, 0) is 75.0 Å². The number of likely N-dealkylation sites (tertiary alicyclic amines) is 1. The molecule has 0 saturated carbocycles. The van der Waals surface area contributed by atoms with Gasteiger partial charge in [0.05, 0.1) is 11.7 Å². The largest absolute Gasteiger partial charge is 0.487 e. The fourth-order valence-corrected chi connectivity index (χ4v) is 4.83. The van der Waals surface area contributed by atoms with Crippen LogP contribution in [0.1, 0.15) is 55.2 Å². The van der Waals surface area contributed by atoms with Gasteiger partial charge in [0.25, 0.3) is 0 Å². The van der Waals surface area contributed by atoms with E-state index in [1.54, 1.807) is 6.33 Å². The van der Waals surface area contributed by atoms with Crippen molar-refractivity contribution in [1.29, 1.82) is 0 Å². The topological polar surface area (TPSA) is 51.1 Å². The van der Waals surface area contributed by atoms with Crippen LogP contribution in [0.25, 0.3) is 11.1 Å². The fraction of sp³-hybridized carbons (Fsp3) is 0.400. The van der Waals surface area contributed by atoms with Crippen molar-refractivity contribution in [2.75, 3.05) is 6.54 Å². The lowest BCUT2D eigenvalue weighted by Crippen LogP contribution is -2.24. The molecule has 0 bridgehead atoms. The van der Waals surface area contributed by atoms with Crippen LogP contribution < -0.4 is 4.74 Å². The normalized spacial score (nSPS) is 20.2. The summed E-state index contributed by atoms with van der Waals surface area (Å²) in [5.41, 5.74) is 6.95. The number of aryl methyl sites for hydroxylation is 1. The van der Waals surface area contributed by atoms with Gasteiger partial charge in [0.1, 0.15) is 17.7 Å². The van der Waals surface area contributed by atoms with Crippen LogP contribution in [-0.2, 0) is 13.0 Å². The molecule has 2 aliphatic rings. The molecule has 1 atom stereocenters. The molecule has 0 spiro atoms. The number of pyridine rings is 1. The van der Waals surface area contributed by atoms with E-state index >= 15 is 0 Å². The van der Waals surface area contributed by atoms with Gasteiger partial charge in [0.2, 0.25) is 0 Å². The molecule has 30 heavy (non-hydrogen) atoms. The van der Waals surface area contributed by atoms with Gasteiger partial charge < -0.3 is 4.74 Å². The van der Waals surface area contributed by atoms with Crippen LogP contribution in [-0.4, -0.2) is 32.0 Å². The fourth-order valence-electron chi connectivity index (χ4n) is 4.83. The first-order valence-electron chi connectivity index (χ1n) is 10.8. The van der Waals surface area contributed by atoms with Crippen LogP contribution in [0.3, 0.4) is 0 Å². The van der Waals surface area contributed by atoms with Crippen molar-refractivity contribution in [1.82, 2.24) is 19.9 Å². The van der Waals surface area contributed by atoms with Crippen LogP contribution in [0, 0.1) is 6.92 Å². The number of hydrogen-bond donors (Lipinski definition) is 0. The zero-order valence-corrected chi connectivity index (χ0v) is 17.9. The number of ether oxygens (including phenoxy) is 1. The van der Waals surface area contributed by atoms with Gasteiger partial charge in [0, 0.05) is 36.6 Å². The van der Waals surface area contributed by atoms with Crippen molar-refractivity contribution in [3.63, 3.8) is 0 Å². The zero-order valence-electron chi connectivity index (χ0n) is 17.9. The van der Waals surface area contributed by atoms with E-state index < -0.39 is 0 Å². The smallest absolute Gasteiger partial charge is 0.123 e. The lowest BCUT2D eigenvalue weighted by atomic mass is 10.00. The molecule has 1 fully saturated rings. The average Bonchev–Trinajstić information content (AvgIpc) is 3.30. The first kappa shape index (κ1) is 19.2. The van der Waals surface area contributed by atoms with E-state index in [2.05, 4.69) is 66.0 Å². The summed E-state index contributed by atoms with van der Waals surface area (Å²) >= 11 is 0. The highest BCUT2D eigenvalue weighted by molar-refractivity contribution is 5.62. The lowest BCUT2D eigenvalue weighted by molar-refractivity contribution is 0.138. The van der Waals surface area contributed by atoms with Gasteiger partial charge in [-0.2, -0.15) is 0 Å². The molecule has 0 aliphatic carbocycles. The number of aromatic nitrogens is 3. The van der Waals surface area contributed by atoms with Crippen LogP contribution in [0.2, 0.25) is 0 Å². The molecule has 3 aromatic rings. The summed E-state index contributed by atoms with van der Waals surface area (Å²) in [6.07, 6.45) is 8.62. The third-order valence-corrected chi connectivity index (χ3v) is 6.09. The third-order valence-electron chi connectivity index (χ3n) is 6.09. The minimum Gasteiger partial charge on any atom is -0.487 e. The molecule has 5 heteroatoms. The number of benzene rings is 1. The van der Waals surface area contributed by atoms with Gasteiger partial charge in [0.15, 0.2) is 0 Å². The summed E-state index contributed by atoms with van der Waals surface area (Å²) in [5, 5.41) is 0. The summed E-state index contributed by atoms with van der Waals surface area (Å²) in [7, 11) is 0. The Kier molecular flexibility index (Phi) is 4.78. The van der Waals surface area contributed by atoms with E-state index in [0.717, 1.165) is 54.2 Å². The van der Waals surface area contributed by atoms with E-state index in [9.17, 15) is 0 Å². The Morgan fingerprint density at radius 3 is 2.77 bits per heavy atom. The lowest BCUT2D eigenvalue weighted by Gasteiger charge is -2.25. The second-order valence-corrected chi connectivity index (χ2v) is 9.16. The Labute approximate surface area is 178 Å². The third kappa shape index (κ3) is 3.82. The second-order valence-electron chi connectivity index (χ2n) is 9.16. The van der Waals surface area contributed by atoms with E-state index in [1.165, 1.54) is 17.5 Å². The molecular formula is C25H28N4O. The monoisotopic (exact) mass is 400 g/mol. The minimum absolute atomic E-state index is 0.0970. The van der Waals surface area contributed by atoms with E-state index in [1.807, 2.05) is 12.4 Å². The molecule has 2 aromatic heterocycles. The highest BCUT2D eigenvalue weighted by Gasteiger charge is 2.31. The highest BCUT2D eigenvalue weighted by Crippen LogP contribution is 2.37. The number of hydrogen-bond acceptors (Lipinski definition) is 5. The average molecular weight is 401 g/mol. The molecule has 4 heterocycles. The van der Waals surface area contributed by atoms with Crippen molar-refractivity contribution in [2.45, 2.75) is 58.2 Å². The van der Waals surface area contributed by atoms with Crippen LogP contribution in [0.4, 0.5) is 0 Å². The van der Waals surface area contributed by atoms with Gasteiger partial charge in [-0.15, -0.1) is 0 Å². The number of rotatable bonds is 4. The van der Waals surface area contributed by atoms with Crippen molar-refractivity contribution in [2.24, 2.45) is 0 Å². The summed E-state index contributed by atoms with van der Waals surface area (Å²) in [6.45, 7) is 8.42. The molecule has 1 saturated heterocycles. The Morgan fingerprint density at radius 1 is 1.10 bits per heavy atom. The van der Waals surface area contributed by atoms with E-state index in [4.69, 9.17) is 9.72 Å². The van der Waals surface area contributed by atoms with Gasteiger partial charge >= 0.3 is 0 Å². The number of fused-ring (bicyclic) bond motifs is 1. The SMILES string of the molecule is Cc1cc(-c2cncnc2)cc([C@@H]2CCCN2Cc2ccc3c(c2)CC(C)(C)O3)n1. The Bertz CT molecular complexity index is 1060. The van der Waals surface area contributed by atoms with E-state index in [-0.39, 0.29) is 5.60 Å². The molecule has 0 amide bonds. The molecule has 154 valence electrons. The van der Waals surface area contributed by atoms with Crippen LogP contribution in [0.15, 0.2) is 49.1 Å². The summed E-state index contributed by atoms with van der Waals surface area (Å²) in [5.74, 6) is 1.04. The minimum atomic E-state index is -0.0970. The van der Waals surface area contributed by atoms with E-state index in [0.29, 0.717) is 6.04 Å². The van der Waals surface area contributed by atoms with Gasteiger partial charge in [-0.3, -0.25) is 9.88 Å². The molecule has 5 nitrogen and oxygen atoms in total. The summed E-state index contributed by atoms with van der Waals surface area (Å²) < 4.78 is 6.04. The Morgan fingerprint density at radius 2 is 1.93 bits per heavy atom. The van der Waals surface area contributed by atoms with Crippen LogP contribution >= 0.6 is 0 Å². The molecule has 5 rings (SSSR count). The summed E-state index contributed by atoms with van der Waals surface area (Å²) in [4.78, 5) is 15.8. The van der Waals surface area contributed by atoms with Gasteiger partial charge in [-0.1, -0.05) is 12.1 Å². The zero-order chi connectivity index (χ0) is 20.7. The molecule has 0 radical (unpaired) electrons. The van der Waals surface area contributed by atoms with Gasteiger partial charge in [-0.25, -0.2) is 9.97 Å². The maximum absolute atomic E-state index is 6.04. The first-order chi connectivity index (χ1) is 14.5. The Hall–Kier alpha value is -2.79. The predicted octanol–water partition coefficient (Wildman–Crippen LogP) is 4.90. The van der Waals surface area contributed by atoms with Crippen molar-refractivity contribution < 1.29 is 4.74 Å². The molecular weight excluding hydrogens is 372 g/mol. The second kappa shape index (κ2) is 7.47. The summed E-state index contributed by atoms with van der Waals surface area (Å²) in [6, 6.07) is 11.4. The quantitative estimate of drug-likeness (QED) is 0.624. The van der Waals surface area contributed by atoms with Crippen molar-refractivity contribution in [3.8, 4) is 16.9 Å². The standard InChI is InChI=1S/C25H28N4O/c1-17-9-19(21-13-26-16-27-14-21)11-22(28-17)23-5-4-8-29(23)15-18-6-7-24-20(10-18)12-25(2,3)30-24/h6-7,9-11,13-14,16,23H,4-5,8,12,15H2,1-3H3/t23-/m0/s1. The molecule has 0 N–H and O–H groups in total. The van der Waals surface area contributed by atoms with Crippen molar-refractivity contribution >= 4 is 0 Å². The van der Waals surface area contributed by atoms with Crippen LogP contribution in [0.5, 0.6) is 5.75 Å². The Balaban J connectivity index is 1.39. The maximum atomic E-state index is 6.04. The first-order valence-corrected chi connectivity index (χ1v) is 10.8. The highest BCUT2D eigenvalue weighted by atomic mass is 16.5. The molecule has 1 aromatic carbocycles. The molecule has 0 unspecified atom stereocenters. The van der Waals surface area contributed by atoms with Crippen molar-refractivity contribution in [3.05, 3.63) is 71.6 Å². The molecule has 2 aliphatic heterocycles. The number of nitrogens with zero attached hydrogens (tertiary/aromatic N) is 4. The predicted molar refractivity (Wildman–Crippen MR) is 117 cm³/mol.